The maximum Gasteiger partial charge on any atom is 0.317 e. The van der Waals surface area contributed by atoms with Crippen LogP contribution in [0, 0.1) is 0 Å². The number of amides is 2. The third-order valence-corrected chi connectivity index (χ3v) is 4.66. The minimum atomic E-state index is -0.100. The molecular weight excluding hydrogens is 322 g/mol. The van der Waals surface area contributed by atoms with E-state index >= 15 is 0 Å². The first-order chi connectivity index (χ1) is 12.3. The Morgan fingerprint density at radius 2 is 1.96 bits per heavy atom. The van der Waals surface area contributed by atoms with Gasteiger partial charge in [0.2, 0.25) is 5.88 Å². The van der Waals surface area contributed by atoms with Crippen molar-refractivity contribution in [3.8, 4) is 5.88 Å². The number of ether oxygens (including phenoxy) is 3. The summed E-state index contributed by atoms with van der Waals surface area (Å²) in [5, 5.41) is 2.98. The highest BCUT2D eigenvalue weighted by Gasteiger charge is 2.26. The summed E-state index contributed by atoms with van der Waals surface area (Å²) < 4.78 is 16.6. The van der Waals surface area contributed by atoms with Crippen LogP contribution in [0.1, 0.15) is 31.2 Å². The number of urea groups is 1. The van der Waals surface area contributed by atoms with Crippen LogP contribution in [0.15, 0.2) is 18.3 Å². The quantitative estimate of drug-likeness (QED) is 0.815. The van der Waals surface area contributed by atoms with Crippen molar-refractivity contribution in [3.63, 3.8) is 0 Å². The molecule has 3 rings (SSSR count). The molecule has 25 heavy (non-hydrogen) atoms. The maximum absolute atomic E-state index is 12.7. The molecule has 7 nitrogen and oxygen atoms in total. The van der Waals surface area contributed by atoms with Crippen LogP contribution in [0.5, 0.6) is 5.88 Å². The summed E-state index contributed by atoms with van der Waals surface area (Å²) in [6.07, 6.45) is 6.06. The van der Waals surface area contributed by atoms with Crippen molar-refractivity contribution in [1.82, 2.24) is 15.2 Å². The summed E-state index contributed by atoms with van der Waals surface area (Å²) in [7, 11) is 1.58. The zero-order valence-corrected chi connectivity index (χ0v) is 14.8. The van der Waals surface area contributed by atoms with E-state index in [1.54, 1.807) is 13.3 Å². The van der Waals surface area contributed by atoms with Crippen molar-refractivity contribution in [3.05, 3.63) is 23.9 Å². The van der Waals surface area contributed by atoms with Crippen molar-refractivity contribution >= 4 is 6.03 Å². The van der Waals surface area contributed by atoms with Crippen molar-refractivity contribution in [2.75, 3.05) is 33.4 Å². The number of pyridine rings is 1. The second-order valence-corrected chi connectivity index (χ2v) is 6.51. The number of rotatable bonds is 7. The van der Waals surface area contributed by atoms with Gasteiger partial charge in [-0.15, -0.1) is 0 Å². The molecule has 3 heterocycles. The summed E-state index contributed by atoms with van der Waals surface area (Å²) in [4.78, 5) is 18.7. The average molecular weight is 349 g/mol. The van der Waals surface area contributed by atoms with E-state index in [1.165, 1.54) is 0 Å². The molecule has 1 N–H and O–H groups in total. The number of carbonyl (C=O) groups is 1. The molecule has 1 aromatic heterocycles. The molecule has 1 aromatic rings. The van der Waals surface area contributed by atoms with Crippen LogP contribution in [0.25, 0.3) is 0 Å². The molecule has 0 saturated carbocycles. The van der Waals surface area contributed by atoms with Crippen molar-refractivity contribution in [2.24, 2.45) is 0 Å². The van der Waals surface area contributed by atoms with Crippen molar-refractivity contribution in [2.45, 2.75) is 44.4 Å². The number of nitrogens with one attached hydrogen (secondary N) is 1. The summed E-state index contributed by atoms with van der Waals surface area (Å²) in [5.74, 6) is 0.535. The van der Waals surface area contributed by atoms with E-state index in [1.807, 2.05) is 17.0 Å². The van der Waals surface area contributed by atoms with Gasteiger partial charge in [0, 0.05) is 44.6 Å². The van der Waals surface area contributed by atoms with Crippen molar-refractivity contribution < 1.29 is 19.0 Å². The summed E-state index contributed by atoms with van der Waals surface area (Å²) in [5.41, 5.74) is 0.854. The lowest BCUT2D eigenvalue weighted by Crippen LogP contribution is -2.46. The van der Waals surface area contributed by atoms with Crippen LogP contribution < -0.4 is 10.1 Å². The Morgan fingerprint density at radius 3 is 2.52 bits per heavy atom. The van der Waals surface area contributed by atoms with E-state index in [9.17, 15) is 4.79 Å². The number of aromatic nitrogens is 1. The predicted molar refractivity (Wildman–Crippen MR) is 92.5 cm³/mol. The van der Waals surface area contributed by atoms with Gasteiger partial charge in [0.1, 0.15) is 0 Å². The van der Waals surface area contributed by atoms with E-state index in [-0.39, 0.29) is 18.2 Å². The molecule has 2 atom stereocenters. The van der Waals surface area contributed by atoms with Crippen LogP contribution in [-0.2, 0) is 16.0 Å². The largest absolute Gasteiger partial charge is 0.481 e. The van der Waals surface area contributed by atoms with Gasteiger partial charge in [0.05, 0.1) is 19.3 Å². The predicted octanol–water partition coefficient (Wildman–Crippen LogP) is 1.96. The second-order valence-electron chi connectivity index (χ2n) is 6.51. The lowest BCUT2D eigenvalue weighted by Gasteiger charge is -2.28. The first-order valence-electron chi connectivity index (χ1n) is 9.00. The second kappa shape index (κ2) is 9.01. The highest BCUT2D eigenvalue weighted by atomic mass is 16.5. The molecule has 2 aliphatic rings. The van der Waals surface area contributed by atoms with Gasteiger partial charge in [-0.25, -0.2) is 9.78 Å². The molecule has 2 saturated heterocycles. The molecule has 7 heteroatoms. The topological polar surface area (TPSA) is 72.9 Å². The third kappa shape index (κ3) is 5.06. The van der Waals surface area contributed by atoms with Gasteiger partial charge >= 0.3 is 6.03 Å². The molecule has 0 aliphatic carbocycles. The maximum atomic E-state index is 12.7. The molecule has 138 valence electrons. The van der Waals surface area contributed by atoms with Gasteiger partial charge in [-0.3, -0.25) is 0 Å². The van der Waals surface area contributed by atoms with E-state index < -0.39 is 0 Å². The zero-order chi connectivity index (χ0) is 17.5. The normalized spacial score (nSPS) is 22.8. The number of nitrogens with zero attached hydrogens (tertiary/aromatic N) is 2. The van der Waals surface area contributed by atoms with Crippen LogP contribution >= 0.6 is 0 Å². The van der Waals surface area contributed by atoms with Crippen LogP contribution in [-0.4, -0.2) is 61.5 Å². The Morgan fingerprint density at radius 1 is 1.28 bits per heavy atom. The Balaban J connectivity index is 1.58. The molecule has 2 amide bonds. The molecule has 0 bridgehead atoms. The highest BCUT2D eigenvalue weighted by molar-refractivity contribution is 5.74. The number of hydrogen-bond donors (Lipinski definition) is 1. The van der Waals surface area contributed by atoms with Crippen molar-refractivity contribution in [1.29, 1.82) is 0 Å². The van der Waals surface area contributed by atoms with Crippen LogP contribution in [0.2, 0.25) is 0 Å². The minimum absolute atomic E-state index is 0.100. The Kier molecular flexibility index (Phi) is 6.47. The molecular formula is C18H27N3O4. The molecule has 2 unspecified atom stereocenters. The Labute approximate surface area is 148 Å². The Hall–Kier alpha value is -1.86. The fourth-order valence-electron chi connectivity index (χ4n) is 3.33. The minimum Gasteiger partial charge on any atom is -0.481 e. The smallest absolute Gasteiger partial charge is 0.317 e. The summed E-state index contributed by atoms with van der Waals surface area (Å²) in [6.45, 7) is 3.16. The lowest BCUT2D eigenvalue weighted by atomic mass is 10.2. The Bertz CT molecular complexity index is 539. The third-order valence-electron chi connectivity index (χ3n) is 4.66. The molecule has 0 aromatic carbocycles. The van der Waals surface area contributed by atoms with Gasteiger partial charge in [0.25, 0.3) is 0 Å². The molecule has 2 fully saturated rings. The van der Waals surface area contributed by atoms with Crippen LogP contribution in [0.4, 0.5) is 4.79 Å². The average Bonchev–Trinajstić information content (AvgIpc) is 3.33. The fourth-order valence-corrected chi connectivity index (χ4v) is 3.33. The first-order valence-corrected chi connectivity index (χ1v) is 9.00. The SMILES string of the molecule is COc1ncccc1CNC(=O)N(CC1CCCO1)CC1CCCO1. The summed E-state index contributed by atoms with van der Waals surface area (Å²) >= 11 is 0. The van der Waals surface area contributed by atoms with Crippen LogP contribution in [0.3, 0.4) is 0 Å². The zero-order valence-electron chi connectivity index (χ0n) is 14.8. The molecule has 2 aliphatic heterocycles. The van der Waals surface area contributed by atoms with Gasteiger partial charge in [-0.2, -0.15) is 0 Å². The number of methoxy groups -OCH3 is 1. The first kappa shape index (κ1) is 17.9. The monoisotopic (exact) mass is 349 g/mol. The molecule has 0 radical (unpaired) electrons. The highest BCUT2D eigenvalue weighted by Crippen LogP contribution is 2.18. The van der Waals surface area contributed by atoms with E-state index in [0.717, 1.165) is 44.5 Å². The fraction of sp³-hybridized carbons (Fsp3) is 0.667. The number of carbonyl (C=O) groups excluding carboxylic acids is 1. The van der Waals surface area contributed by atoms with E-state index in [4.69, 9.17) is 14.2 Å². The molecule has 0 spiro atoms. The lowest BCUT2D eigenvalue weighted by molar-refractivity contribution is 0.0498. The van der Waals surface area contributed by atoms with E-state index in [2.05, 4.69) is 10.3 Å². The van der Waals surface area contributed by atoms with E-state index in [0.29, 0.717) is 25.5 Å². The number of hydrogen-bond acceptors (Lipinski definition) is 5. The summed E-state index contributed by atoms with van der Waals surface area (Å²) in [6, 6.07) is 3.63. The van der Waals surface area contributed by atoms with Gasteiger partial charge in [-0.1, -0.05) is 6.07 Å². The van der Waals surface area contributed by atoms with Gasteiger partial charge < -0.3 is 24.4 Å². The van der Waals surface area contributed by atoms with Gasteiger partial charge in [-0.05, 0) is 31.7 Å². The standard InChI is InChI=1S/C18H27N3O4/c1-23-17-14(5-2-8-19-17)11-20-18(22)21(12-15-6-3-9-24-15)13-16-7-4-10-25-16/h2,5,8,15-16H,3-4,6-7,9-13H2,1H3,(H,20,22). The van der Waals surface area contributed by atoms with Gasteiger partial charge in [0.15, 0.2) is 0 Å².